The van der Waals surface area contributed by atoms with E-state index < -0.39 is 0 Å². The second-order valence-corrected chi connectivity index (χ2v) is 1.45. The van der Waals surface area contributed by atoms with Crippen molar-refractivity contribution in [3.63, 3.8) is 0 Å². The van der Waals surface area contributed by atoms with E-state index >= 15 is 0 Å². The average molecular weight is 112 g/mol. The SMILES string of the molecule is [C-]#[N+]CON=C(C)C. The Hall–Kier alpha value is -1.04. The fraction of sp³-hybridized carbons (Fsp3) is 0.600. The van der Waals surface area contributed by atoms with E-state index in [4.69, 9.17) is 6.57 Å². The first-order valence-electron chi connectivity index (χ1n) is 2.23. The Labute approximate surface area is 48.8 Å². The second kappa shape index (κ2) is 4.13. The molecule has 0 aliphatic rings. The van der Waals surface area contributed by atoms with Gasteiger partial charge in [0.15, 0.2) is 0 Å². The van der Waals surface area contributed by atoms with E-state index in [-0.39, 0.29) is 6.73 Å². The Bertz CT molecular complexity index is 119. The van der Waals surface area contributed by atoms with Crippen LogP contribution in [0.15, 0.2) is 5.16 Å². The van der Waals surface area contributed by atoms with E-state index in [2.05, 4.69) is 14.8 Å². The predicted molar refractivity (Wildman–Crippen MR) is 31.3 cm³/mol. The third-order valence-corrected chi connectivity index (χ3v) is 0.369. The fourth-order valence-corrected chi connectivity index (χ4v) is 0.187. The molecule has 0 saturated carbocycles. The topological polar surface area (TPSA) is 25.9 Å². The summed E-state index contributed by atoms with van der Waals surface area (Å²) in [6, 6.07) is 0. The van der Waals surface area contributed by atoms with Crippen molar-refractivity contribution in [2.45, 2.75) is 13.8 Å². The Balaban J connectivity index is 3.20. The molecule has 0 aromatic rings. The summed E-state index contributed by atoms with van der Waals surface area (Å²) in [5.74, 6) is 0. The van der Waals surface area contributed by atoms with Gasteiger partial charge in [0.1, 0.15) is 0 Å². The van der Waals surface area contributed by atoms with E-state index in [0.29, 0.717) is 0 Å². The summed E-state index contributed by atoms with van der Waals surface area (Å²) in [5.41, 5.74) is 0.827. The molecule has 0 spiro atoms. The molecule has 0 aliphatic carbocycles. The van der Waals surface area contributed by atoms with Gasteiger partial charge < -0.3 is 4.84 Å². The van der Waals surface area contributed by atoms with Crippen LogP contribution < -0.4 is 0 Å². The molecule has 44 valence electrons. The van der Waals surface area contributed by atoms with Crippen molar-refractivity contribution in [1.82, 2.24) is 0 Å². The Morgan fingerprint density at radius 3 is 2.75 bits per heavy atom. The highest BCUT2D eigenvalue weighted by Crippen LogP contribution is 1.78. The molecule has 8 heavy (non-hydrogen) atoms. The van der Waals surface area contributed by atoms with Crippen LogP contribution in [0.5, 0.6) is 0 Å². The van der Waals surface area contributed by atoms with Crippen LogP contribution in [0.2, 0.25) is 0 Å². The van der Waals surface area contributed by atoms with Crippen molar-refractivity contribution in [3.8, 4) is 0 Å². The lowest BCUT2D eigenvalue weighted by atomic mass is 10.5. The van der Waals surface area contributed by atoms with Gasteiger partial charge in [-0.2, -0.15) is 0 Å². The summed E-state index contributed by atoms with van der Waals surface area (Å²) in [5, 5.41) is 3.52. The lowest BCUT2D eigenvalue weighted by Gasteiger charge is -1.85. The van der Waals surface area contributed by atoms with Crippen LogP contribution in [-0.2, 0) is 4.84 Å². The fourth-order valence-electron chi connectivity index (χ4n) is 0.187. The van der Waals surface area contributed by atoms with Gasteiger partial charge in [-0.1, -0.05) is 5.16 Å². The van der Waals surface area contributed by atoms with Gasteiger partial charge in [-0.3, -0.25) is 4.85 Å². The highest BCUT2D eigenvalue weighted by Gasteiger charge is 1.78. The maximum Gasteiger partial charge on any atom is 0.378 e. The van der Waals surface area contributed by atoms with Gasteiger partial charge in [0.2, 0.25) is 0 Å². The van der Waals surface area contributed by atoms with Crippen molar-refractivity contribution in [2.75, 3.05) is 6.73 Å². The maximum absolute atomic E-state index is 6.28. The van der Waals surface area contributed by atoms with Crippen molar-refractivity contribution in [2.24, 2.45) is 5.16 Å². The third kappa shape index (κ3) is 4.96. The molecule has 0 amide bonds. The molecule has 0 atom stereocenters. The molecule has 0 unspecified atom stereocenters. The lowest BCUT2D eigenvalue weighted by molar-refractivity contribution is 0.173. The van der Waals surface area contributed by atoms with Gasteiger partial charge in [-0.25, -0.2) is 6.57 Å². The molecule has 0 aliphatic heterocycles. The summed E-state index contributed by atoms with van der Waals surface area (Å²) in [4.78, 5) is 7.41. The Morgan fingerprint density at radius 1 is 1.75 bits per heavy atom. The minimum Gasteiger partial charge on any atom is -0.317 e. The van der Waals surface area contributed by atoms with E-state index in [0.717, 1.165) is 5.71 Å². The predicted octanol–water partition coefficient (Wildman–Crippen LogP) is 1.28. The van der Waals surface area contributed by atoms with E-state index in [1.807, 2.05) is 13.8 Å². The van der Waals surface area contributed by atoms with Gasteiger partial charge in [-0.15, -0.1) is 0 Å². The first-order valence-corrected chi connectivity index (χ1v) is 2.23. The molecule has 3 heteroatoms. The zero-order valence-corrected chi connectivity index (χ0v) is 5.01. The number of hydrogen-bond acceptors (Lipinski definition) is 2. The molecule has 0 heterocycles. The van der Waals surface area contributed by atoms with Gasteiger partial charge in [0.05, 0.1) is 5.71 Å². The highest BCUT2D eigenvalue weighted by atomic mass is 16.6. The number of hydrogen-bond donors (Lipinski definition) is 0. The lowest BCUT2D eigenvalue weighted by Crippen LogP contribution is -1.84. The monoisotopic (exact) mass is 112 g/mol. The maximum atomic E-state index is 6.28. The average Bonchev–Trinajstić information content (AvgIpc) is 1.66. The Kier molecular flexibility index (Phi) is 3.59. The summed E-state index contributed by atoms with van der Waals surface area (Å²) >= 11 is 0. The number of oxime groups is 1. The molecule has 3 nitrogen and oxygen atoms in total. The first-order chi connectivity index (χ1) is 3.77. The molecule has 0 aromatic carbocycles. The van der Waals surface area contributed by atoms with Crippen molar-refractivity contribution < 1.29 is 4.84 Å². The standard InChI is InChI=1S/C5H8N2O/c1-5(2)7-8-4-6-3/h4H2,1-2H3. The van der Waals surface area contributed by atoms with Crippen LogP contribution >= 0.6 is 0 Å². The second-order valence-electron chi connectivity index (χ2n) is 1.45. The molecule has 0 saturated heterocycles. The first kappa shape index (κ1) is 6.96. The largest absolute Gasteiger partial charge is 0.378 e. The van der Waals surface area contributed by atoms with Crippen LogP contribution in [0, 0.1) is 6.57 Å². The number of rotatable bonds is 2. The molecule has 0 aromatic heterocycles. The number of nitrogens with zero attached hydrogens (tertiary/aromatic N) is 2. The molecule has 0 fully saturated rings. The minimum absolute atomic E-state index is 0.0190. The van der Waals surface area contributed by atoms with Crippen molar-refractivity contribution >= 4 is 5.71 Å². The summed E-state index contributed by atoms with van der Waals surface area (Å²) < 4.78 is 0. The third-order valence-electron chi connectivity index (χ3n) is 0.369. The normalized spacial score (nSPS) is 7.12. The molecular weight excluding hydrogens is 104 g/mol. The van der Waals surface area contributed by atoms with Gasteiger partial charge >= 0.3 is 6.73 Å². The highest BCUT2D eigenvalue weighted by molar-refractivity contribution is 5.78. The zero-order valence-electron chi connectivity index (χ0n) is 5.01. The van der Waals surface area contributed by atoms with Crippen molar-refractivity contribution in [1.29, 1.82) is 0 Å². The molecule has 0 bridgehead atoms. The molecule has 0 N–H and O–H groups in total. The smallest absolute Gasteiger partial charge is 0.317 e. The van der Waals surface area contributed by atoms with E-state index in [9.17, 15) is 0 Å². The van der Waals surface area contributed by atoms with Crippen LogP contribution in [0.3, 0.4) is 0 Å². The van der Waals surface area contributed by atoms with Crippen LogP contribution in [0.25, 0.3) is 4.85 Å². The zero-order chi connectivity index (χ0) is 6.41. The minimum atomic E-state index is 0.0190. The molecular formula is C5H8N2O. The van der Waals surface area contributed by atoms with Crippen LogP contribution in [-0.4, -0.2) is 12.4 Å². The molecule has 0 radical (unpaired) electrons. The van der Waals surface area contributed by atoms with E-state index in [1.165, 1.54) is 0 Å². The van der Waals surface area contributed by atoms with E-state index in [1.54, 1.807) is 0 Å². The Morgan fingerprint density at radius 2 is 2.38 bits per heavy atom. The van der Waals surface area contributed by atoms with Crippen molar-refractivity contribution in [3.05, 3.63) is 11.4 Å². The summed E-state index contributed by atoms with van der Waals surface area (Å²) in [6.45, 7) is 9.92. The summed E-state index contributed by atoms with van der Waals surface area (Å²) in [7, 11) is 0. The quantitative estimate of drug-likeness (QED) is 0.228. The molecule has 0 rings (SSSR count). The summed E-state index contributed by atoms with van der Waals surface area (Å²) in [6.07, 6.45) is 0. The van der Waals surface area contributed by atoms with Gasteiger partial charge in [-0.05, 0) is 13.8 Å². The van der Waals surface area contributed by atoms with Crippen LogP contribution in [0.1, 0.15) is 13.8 Å². The van der Waals surface area contributed by atoms with Gasteiger partial charge in [0.25, 0.3) is 0 Å². The van der Waals surface area contributed by atoms with Crippen LogP contribution in [0.4, 0.5) is 0 Å². The van der Waals surface area contributed by atoms with Gasteiger partial charge in [0, 0.05) is 0 Å².